The Bertz CT molecular complexity index is 3050. The number of amides is 1. The third kappa shape index (κ3) is 16.0. The Kier molecular flexibility index (Phi) is 24.3. The molecule has 3 aromatic rings. The highest BCUT2D eigenvalue weighted by Gasteiger charge is 2.78. The Hall–Kier alpha value is -7.83. The minimum atomic E-state index is -2.39. The smallest absolute Gasteiger partial charge is 0.338 e. The summed E-state index contributed by atoms with van der Waals surface area (Å²) in [7, 11) is 0. The van der Waals surface area contributed by atoms with Gasteiger partial charge in [0.05, 0.1) is 35.6 Å². The van der Waals surface area contributed by atoms with Crippen LogP contribution in [0.15, 0.2) is 175 Å². The van der Waals surface area contributed by atoms with Crippen molar-refractivity contribution < 1.29 is 77.7 Å². The van der Waals surface area contributed by atoms with Gasteiger partial charge in [0.2, 0.25) is 0 Å². The number of nitrogens with one attached hydrogen (secondary N) is 1. The number of carbonyl (C=O) groups is 7. The molecule has 17 heteroatoms. The minimum Gasteiger partial charge on any atom is -0.481 e. The molecule has 1 amide bonds. The molecule has 460 valence electrons. The standard InChI is InChI=1S/C47H51NO14.C22H32O2/c1-25-31(60-43(56)36(52)35(28-16-10-7-11-17-28)48-41(54)29-18-12-8-13-19-29)23-47(57)40(61-42(55)30-20-14-9-15-21-30)38-45(6,32(51)22-33-46(38,24-58-33)62-27(3)50)39(53)37(59-26(2)49)34(25)44(47,4)5;1-2-3-4-5-6-7-8-9-10-11-12-13-14-15-16-17-18-19-20-21-22(23)24/h7-21,31-33,35-38,40,51-52,57H,22-24H2,1-6H3,(H,48,54);3-4,6-7,9-10,12-13,15-16,18-19H,2,5,8,11,14,17,20-21H2,1H3,(H,23,24)/b;4-3-,7-6-,10-9-,13-12-,16-15-,19-18-/t31-,32-,33+,35-,36+,37+,38-,40-,45+,46-,47+;/m0./s1. The Morgan fingerprint density at radius 2 is 1.22 bits per heavy atom. The van der Waals surface area contributed by atoms with Crippen LogP contribution in [0.25, 0.3) is 0 Å². The van der Waals surface area contributed by atoms with E-state index in [1.807, 2.05) is 12.2 Å². The van der Waals surface area contributed by atoms with Crippen molar-refractivity contribution in [2.75, 3.05) is 6.61 Å². The maximum absolute atomic E-state index is 15.5. The van der Waals surface area contributed by atoms with E-state index in [0.717, 1.165) is 52.4 Å². The van der Waals surface area contributed by atoms with Crippen LogP contribution in [0, 0.1) is 16.7 Å². The first-order valence-corrected chi connectivity index (χ1v) is 29.4. The van der Waals surface area contributed by atoms with E-state index in [9.17, 15) is 44.1 Å². The molecule has 0 unspecified atom stereocenters. The van der Waals surface area contributed by atoms with E-state index in [2.05, 4.69) is 73.0 Å². The largest absolute Gasteiger partial charge is 0.481 e. The van der Waals surface area contributed by atoms with Crippen LogP contribution < -0.4 is 5.32 Å². The van der Waals surface area contributed by atoms with E-state index in [-0.39, 0.29) is 41.7 Å². The van der Waals surface area contributed by atoms with Crippen molar-refractivity contribution in [3.05, 3.63) is 192 Å². The number of allylic oxidation sites excluding steroid dienone is 12. The number of carboxylic acid groups (broad SMARTS) is 1. The first-order chi connectivity index (χ1) is 41.0. The number of carboxylic acids is 1. The summed E-state index contributed by atoms with van der Waals surface area (Å²) in [6.45, 7) is 10.1. The predicted octanol–water partition coefficient (Wildman–Crippen LogP) is 10.3. The molecule has 7 rings (SSSR count). The molecule has 1 heterocycles. The molecule has 17 nitrogen and oxygen atoms in total. The second-order valence-corrected chi connectivity index (χ2v) is 22.7. The molecule has 0 aromatic heterocycles. The number of carbonyl (C=O) groups excluding carboxylic acids is 6. The summed E-state index contributed by atoms with van der Waals surface area (Å²) < 4.78 is 30.3. The van der Waals surface area contributed by atoms with Gasteiger partial charge in [-0.25, -0.2) is 9.59 Å². The summed E-state index contributed by atoms with van der Waals surface area (Å²) in [4.78, 5) is 93.8. The number of hydrogen-bond acceptors (Lipinski definition) is 15. The van der Waals surface area contributed by atoms with E-state index in [1.165, 1.54) is 26.0 Å². The fourth-order valence-electron chi connectivity index (χ4n) is 12.0. The molecular formula is C69H83NO16. The average molecular weight is 1180 g/mol. The number of benzene rings is 3. The Morgan fingerprint density at radius 3 is 1.71 bits per heavy atom. The van der Waals surface area contributed by atoms with Gasteiger partial charge in [0.15, 0.2) is 23.6 Å². The van der Waals surface area contributed by atoms with Crippen molar-refractivity contribution in [1.82, 2.24) is 5.32 Å². The third-order valence-electron chi connectivity index (χ3n) is 16.6. The molecule has 86 heavy (non-hydrogen) atoms. The maximum Gasteiger partial charge on any atom is 0.338 e. The Morgan fingerprint density at radius 1 is 0.709 bits per heavy atom. The lowest BCUT2D eigenvalue weighted by molar-refractivity contribution is -0.346. The fourth-order valence-corrected chi connectivity index (χ4v) is 12.0. The molecular weight excluding hydrogens is 1100 g/mol. The van der Waals surface area contributed by atoms with Crippen molar-refractivity contribution in [2.24, 2.45) is 16.7 Å². The number of aliphatic hydroxyl groups is 3. The number of hydrogen-bond donors (Lipinski definition) is 5. The number of fused-ring (bicyclic) bond motifs is 5. The number of aliphatic carboxylic acids is 1. The summed E-state index contributed by atoms with van der Waals surface area (Å²) in [6.07, 6.45) is 21.9. The van der Waals surface area contributed by atoms with Gasteiger partial charge in [0, 0.05) is 44.1 Å². The van der Waals surface area contributed by atoms with Crippen LogP contribution in [0.4, 0.5) is 0 Å². The number of ether oxygens (including phenoxy) is 5. The van der Waals surface area contributed by atoms with Gasteiger partial charge in [-0.15, -0.1) is 0 Å². The molecule has 0 spiro atoms. The molecule has 3 aliphatic carbocycles. The number of rotatable bonds is 24. The fraction of sp³-hybridized carbons (Fsp3) is 0.435. The van der Waals surface area contributed by atoms with Gasteiger partial charge in [-0.05, 0) is 99.8 Å². The normalized spacial score (nSPS) is 26.6. The first-order valence-electron chi connectivity index (χ1n) is 29.4. The van der Waals surface area contributed by atoms with E-state index in [1.54, 1.807) is 92.7 Å². The van der Waals surface area contributed by atoms with Crippen molar-refractivity contribution in [3.63, 3.8) is 0 Å². The van der Waals surface area contributed by atoms with E-state index >= 15 is 4.79 Å². The summed E-state index contributed by atoms with van der Waals surface area (Å²) in [5.74, 6) is -7.58. The van der Waals surface area contributed by atoms with Crippen molar-refractivity contribution >= 4 is 41.5 Å². The summed E-state index contributed by atoms with van der Waals surface area (Å²) in [6, 6.07) is 22.9. The highest BCUT2D eigenvalue weighted by molar-refractivity contribution is 5.96. The monoisotopic (exact) mass is 1180 g/mol. The van der Waals surface area contributed by atoms with Crippen molar-refractivity contribution in [3.8, 4) is 0 Å². The molecule has 0 radical (unpaired) electrons. The Balaban J connectivity index is 0.000000417. The molecule has 2 bridgehead atoms. The van der Waals surface area contributed by atoms with E-state index in [4.69, 9.17) is 28.8 Å². The molecule has 1 aliphatic heterocycles. The molecule has 11 atom stereocenters. The van der Waals surface area contributed by atoms with Crippen LogP contribution >= 0.6 is 0 Å². The van der Waals surface area contributed by atoms with Gasteiger partial charge in [-0.2, -0.15) is 0 Å². The topological polar surface area (TPSA) is 259 Å². The first kappa shape index (κ1) is 67.3. The van der Waals surface area contributed by atoms with Crippen LogP contribution in [0.3, 0.4) is 0 Å². The summed E-state index contributed by atoms with van der Waals surface area (Å²) in [5, 5.41) is 48.7. The zero-order valence-electron chi connectivity index (χ0n) is 50.2. The van der Waals surface area contributed by atoms with Crippen LogP contribution in [0.5, 0.6) is 0 Å². The van der Waals surface area contributed by atoms with Crippen LogP contribution in [-0.2, 0) is 47.7 Å². The minimum absolute atomic E-state index is 0.00289. The lowest BCUT2D eigenvalue weighted by Crippen LogP contribution is -2.82. The number of esters is 4. The SMILES string of the molecule is CC(=O)O[C@H]1C(=O)[C@@]2(C)[C@H]([C@H](OC(=O)c3ccccc3)[C@]3(O)C[C@H](OC(=O)[C@H](O)[C@@H](NC(=O)c4ccccc4)c4ccccc4)C(C)=C1C3(C)C)[C@]1(OC(C)=O)CO[C@@H]1C[C@@H]2O.CC/C=C\C/C=C\C/C=C\C/C=C\C/C=C\C/C=C\CCC(=O)O. The lowest BCUT2D eigenvalue weighted by atomic mass is 9.44. The maximum atomic E-state index is 15.5. The van der Waals surface area contributed by atoms with Crippen LogP contribution in [-0.4, -0.2) is 116 Å². The van der Waals surface area contributed by atoms with Gasteiger partial charge >= 0.3 is 29.8 Å². The molecule has 3 fully saturated rings. The zero-order chi connectivity index (χ0) is 62.7. The second kappa shape index (κ2) is 31.0. The van der Waals surface area contributed by atoms with Gasteiger partial charge < -0.3 is 49.4 Å². The van der Waals surface area contributed by atoms with E-state index in [0.29, 0.717) is 12.0 Å². The molecule has 4 aliphatic rings. The lowest BCUT2D eigenvalue weighted by Gasteiger charge is -2.67. The highest BCUT2D eigenvalue weighted by atomic mass is 16.6. The quantitative estimate of drug-likeness (QED) is 0.0317. The molecule has 3 aromatic carbocycles. The van der Waals surface area contributed by atoms with Crippen LogP contribution in [0.1, 0.15) is 145 Å². The molecule has 2 saturated carbocycles. The number of Topliss-reactive ketones (excluding diaryl/α,β-unsaturated/α-hetero) is 1. The highest BCUT2D eigenvalue weighted by Crippen LogP contribution is 2.64. The van der Waals surface area contributed by atoms with E-state index < -0.39 is 119 Å². The van der Waals surface area contributed by atoms with Crippen molar-refractivity contribution in [2.45, 2.75) is 167 Å². The predicted molar refractivity (Wildman–Crippen MR) is 323 cm³/mol. The number of aliphatic hydroxyl groups excluding tert-OH is 2. The van der Waals surface area contributed by atoms with Gasteiger partial charge in [-0.3, -0.25) is 24.0 Å². The summed E-state index contributed by atoms with van der Waals surface area (Å²) in [5.41, 5.74) is -7.02. The number of ketones is 1. The van der Waals surface area contributed by atoms with Crippen LogP contribution in [0.2, 0.25) is 0 Å². The summed E-state index contributed by atoms with van der Waals surface area (Å²) >= 11 is 0. The van der Waals surface area contributed by atoms with Gasteiger partial charge in [0.25, 0.3) is 5.91 Å². The average Bonchev–Trinajstić information content (AvgIpc) is 0.673. The Labute approximate surface area is 504 Å². The van der Waals surface area contributed by atoms with Gasteiger partial charge in [-0.1, -0.05) is 160 Å². The molecule has 5 N–H and O–H groups in total. The van der Waals surface area contributed by atoms with Crippen molar-refractivity contribution in [1.29, 1.82) is 0 Å². The second-order valence-electron chi connectivity index (χ2n) is 22.7. The third-order valence-corrected chi connectivity index (χ3v) is 16.6. The van der Waals surface area contributed by atoms with Gasteiger partial charge in [0.1, 0.15) is 23.9 Å². The zero-order valence-corrected chi connectivity index (χ0v) is 50.2. The molecule has 1 saturated heterocycles.